The van der Waals surface area contributed by atoms with Crippen molar-refractivity contribution in [3.63, 3.8) is 0 Å². The van der Waals surface area contributed by atoms with E-state index in [0.29, 0.717) is 27.8 Å². The van der Waals surface area contributed by atoms with Gasteiger partial charge < -0.3 is 9.88 Å². The van der Waals surface area contributed by atoms with Crippen LogP contribution >= 0.6 is 24.0 Å². The van der Waals surface area contributed by atoms with Crippen LogP contribution in [-0.4, -0.2) is 30.3 Å². The molecule has 0 saturated carbocycles. The highest BCUT2D eigenvalue weighted by Crippen LogP contribution is 2.34. The van der Waals surface area contributed by atoms with Crippen LogP contribution in [0.15, 0.2) is 29.3 Å². The van der Waals surface area contributed by atoms with Crippen molar-refractivity contribution in [2.75, 3.05) is 11.1 Å². The second kappa shape index (κ2) is 7.43. The van der Waals surface area contributed by atoms with E-state index in [-0.39, 0.29) is 5.52 Å². The van der Waals surface area contributed by atoms with Gasteiger partial charge in [-0.2, -0.15) is 13.2 Å². The molecule has 0 bridgehead atoms. The zero-order chi connectivity index (χ0) is 19.8. The average Bonchev–Trinajstić information content (AvgIpc) is 2.91. The SMILES string of the molecule is CCSc1ccc(NC(C)=S)nc1-c1nc2cc(C(F)(F)F)ncc2n1C. The summed E-state index contributed by atoms with van der Waals surface area (Å²) in [6, 6.07) is 4.66. The Balaban J connectivity index is 2.18. The molecule has 142 valence electrons. The number of rotatable bonds is 4. The first kappa shape index (κ1) is 19.6. The molecule has 3 rings (SSSR count). The van der Waals surface area contributed by atoms with Crippen LogP contribution in [0.25, 0.3) is 22.6 Å². The lowest BCUT2D eigenvalue weighted by Gasteiger charge is -2.11. The van der Waals surface area contributed by atoms with Crippen molar-refractivity contribution in [3.05, 3.63) is 30.1 Å². The molecule has 3 heterocycles. The third-order valence-electron chi connectivity index (χ3n) is 3.73. The number of imidazole rings is 1. The van der Waals surface area contributed by atoms with Gasteiger partial charge in [0.2, 0.25) is 0 Å². The fraction of sp³-hybridized carbons (Fsp3) is 0.294. The van der Waals surface area contributed by atoms with Crippen molar-refractivity contribution in [1.82, 2.24) is 19.5 Å². The van der Waals surface area contributed by atoms with E-state index in [2.05, 4.69) is 20.3 Å². The molecule has 0 aliphatic rings. The summed E-state index contributed by atoms with van der Waals surface area (Å²) in [6.45, 7) is 3.75. The molecule has 10 heteroatoms. The van der Waals surface area contributed by atoms with E-state index in [1.165, 1.54) is 6.20 Å². The number of hydrogen-bond donors (Lipinski definition) is 1. The number of aromatic nitrogens is 4. The van der Waals surface area contributed by atoms with Crippen molar-refractivity contribution >= 4 is 45.8 Å². The van der Waals surface area contributed by atoms with Gasteiger partial charge in [0.15, 0.2) is 5.82 Å². The molecule has 0 aliphatic heterocycles. The first-order valence-corrected chi connectivity index (χ1v) is 9.41. The Morgan fingerprint density at radius 1 is 1.30 bits per heavy atom. The molecule has 0 atom stereocenters. The molecule has 0 amide bonds. The molecule has 27 heavy (non-hydrogen) atoms. The predicted octanol–water partition coefficient (Wildman–Crippen LogP) is 4.92. The highest BCUT2D eigenvalue weighted by molar-refractivity contribution is 7.99. The first-order chi connectivity index (χ1) is 12.7. The highest BCUT2D eigenvalue weighted by atomic mass is 32.2. The Morgan fingerprint density at radius 3 is 2.67 bits per heavy atom. The molecule has 0 spiro atoms. The predicted molar refractivity (Wildman–Crippen MR) is 105 cm³/mol. The number of alkyl halides is 3. The number of anilines is 1. The van der Waals surface area contributed by atoms with E-state index in [1.54, 1.807) is 30.3 Å². The van der Waals surface area contributed by atoms with Crippen molar-refractivity contribution in [1.29, 1.82) is 0 Å². The fourth-order valence-corrected chi connectivity index (χ4v) is 3.44. The Bertz CT molecular complexity index is 1010. The van der Waals surface area contributed by atoms with E-state index in [4.69, 9.17) is 12.2 Å². The van der Waals surface area contributed by atoms with Gasteiger partial charge >= 0.3 is 6.18 Å². The molecule has 0 aliphatic carbocycles. The number of nitrogens with one attached hydrogen (secondary N) is 1. The highest BCUT2D eigenvalue weighted by Gasteiger charge is 2.33. The molecular formula is C17H16F3N5S2. The van der Waals surface area contributed by atoms with Gasteiger partial charge in [-0.1, -0.05) is 19.1 Å². The lowest BCUT2D eigenvalue weighted by atomic mass is 10.3. The number of nitrogens with zero attached hydrogens (tertiary/aromatic N) is 4. The normalized spacial score (nSPS) is 11.8. The van der Waals surface area contributed by atoms with Gasteiger partial charge in [0.05, 0.1) is 22.2 Å². The summed E-state index contributed by atoms with van der Waals surface area (Å²) in [4.78, 5) is 14.0. The molecule has 0 aromatic carbocycles. The number of aryl methyl sites for hydroxylation is 1. The summed E-state index contributed by atoms with van der Waals surface area (Å²) in [5, 5.41) is 2.98. The standard InChI is InChI=1S/C17H16F3N5S2/c1-4-27-12-5-6-14(22-9(2)26)24-15(12)16-23-10-7-13(17(18,19)20)21-8-11(10)25(16)3/h5-8H,4H2,1-3H3,(H,22,24,26). The molecule has 0 radical (unpaired) electrons. The first-order valence-electron chi connectivity index (χ1n) is 8.02. The second-order valence-corrected chi connectivity index (χ2v) is 7.63. The number of thioether (sulfide) groups is 1. The molecule has 0 fully saturated rings. The van der Waals surface area contributed by atoms with Gasteiger partial charge in [-0.05, 0) is 30.9 Å². The van der Waals surface area contributed by atoms with E-state index >= 15 is 0 Å². The van der Waals surface area contributed by atoms with Crippen LogP contribution in [0, 0.1) is 0 Å². The Kier molecular flexibility index (Phi) is 5.38. The molecule has 1 N–H and O–H groups in total. The number of pyridine rings is 2. The van der Waals surface area contributed by atoms with Crippen LogP contribution in [0.1, 0.15) is 19.5 Å². The van der Waals surface area contributed by atoms with Gasteiger partial charge in [0.25, 0.3) is 0 Å². The summed E-state index contributed by atoms with van der Waals surface area (Å²) < 4.78 is 40.5. The third kappa shape index (κ3) is 4.06. The molecule has 5 nitrogen and oxygen atoms in total. The van der Waals surface area contributed by atoms with E-state index in [9.17, 15) is 13.2 Å². The summed E-state index contributed by atoms with van der Waals surface area (Å²) >= 11 is 6.64. The van der Waals surface area contributed by atoms with Crippen molar-refractivity contribution in [3.8, 4) is 11.5 Å². The van der Waals surface area contributed by atoms with Gasteiger partial charge in [-0.15, -0.1) is 11.8 Å². The molecular weight excluding hydrogens is 395 g/mol. The summed E-state index contributed by atoms with van der Waals surface area (Å²) in [5.41, 5.74) is 0.322. The maximum Gasteiger partial charge on any atom is 0.433 e. The van der Waals surface area contributed by atoms with Crippen LogP contribution in [0.4, 0.5) is 19.0 Å². The Labute approximate surface area is 163 Å². The number of hydrogen-bond acceptors (Lipinski definition) is 5. The maximum atomic E-state index is 13.0. The van der Waals surface area contributed by atoms with E-state index < -0.39 is 11.9 Å². The number of fused-ring (bicyclic) bond motifs is 1. The number of halogens is 3. The van der Waals surface area contributed by atoms with Crippen LogP contribution in [0.5, 0.6) is 0 Å². The zero-order valence-electron chi connectivity index (χ0n) is 14.8. The van der Waals surface area contributed by atoms with Crippen molar-refractivity contribution in [2.24, 2.45) is 7.05 Å². The van der Waals surface area contributed by atoms with Crippen LogP contribution in [0.3, 0.4) is 0 Å². The largest absolute Gasteiger partial charge is 0.433 e. The summed E-state index contributed by atoms with van der Waals surface area (Å²) in [6.07, 6.45) is -3.33. The minimum atomic E-state index is -4.52. The molecule has 0 saturated heterocycles. The molecule has 3 aromatic heterocycles. The van der Waals surface area contributed by atoms with E-state index in [1.807, 2.05) is 19.1 Å². The monoisotopic (exact) mass is 411 g/mol. The topological polar surface area (TPSA) is 55.6 Å². The summed E-state index contributed by atoms with van der Waals surface area (Å²) in [7, 11) is 1.73. The van der Waals surface area contributed by atoms with Gasteiger partial charge in [0, 0.05) is 11.9 Å². The van der Waals surface area contributed by atoms with Crippen LogP contribution in [-0.2, 0) is 13.2 Å². The molecule has 3 aromatic rings. The zero-order valence-corrected chi connectivity index (χ0v) is 16.4. The van der Waals surface area contributed by atoms with Gasteiger partial charge in [0.1, 0.15) is 17.2 Å². The van der Waals surface area contributed by atoms with Crippen molar-refractivity contribution < 1.29 is 13.2 Å². The molecule has 0 unspecified atom stereocenters. The van der Waals surface area contributed by atoms with Crippen molar-refractivity contribution in [2.45, 2.75) is 24.9 Å². The van der Waals surface area contributed by atoms with Gasteiger partial charge in [-0.25, -0.2) is 15.0 Å². The Morgan fingerprint density at radius 2 is 2.04 bits per heavy atom. The van der Waals surface area contributed by atoms with Crippen LogP contribution < -0.4 is 5.32 Å². The maximum absolute atomic E-state index is 13.0. The average molecular weight is 411 g/mol. The lowest BCUT2D eigenvalue weighted by molar-refractivity contribution is -0.141. The number of thiocarbonyl (C=S) groups is 1. The quantitative estimate of drug-likeness (QED) is 0.486. The minimum Gasteiger partial charge on any atom is -0.335 e. The third-order valence-corrected chi connectivity index (χ3v) is 4.76. The fourth-order valence-electron chi connectivity index (χ4n) is 2.58. The van der Waals surface area contributed by atoms with E-state index in [0.717, 1.165) is 16.7 Å². The minimum absolute atomic E-state index is 0.216. The smallest absolute Gasteiger partial charge is 0.335 e. The van der Waals surface area contributed by atoms with Crippen LogP contribution in [0.2, 0.25) is 0 Å². The Hall–Kier alpha value is -2.20. The second-order valence-electron chi connectivity index (χ2n) is 5.71. The lowest BCUT2D eigenvalue weighted by Crippen LogP contribution is -2.07. The summed E-state index contributed by atoms with van der Waals surface area (Å²) in [5.74, 6) is 1.84. The van der Waals surface area contributed by atoms with Gasteiger partial charge in [-0.3, -0.25) is 0 Å².